The monoisotopic (exact) mass is 365 g/mol. The molecular formula is C17H13F2NO6. The van der Waals surface area contributed by atoms with Gasteiger partial charge in [-0.2, -0.15) is 8.78 Å². The molecule has 1 aliphatic heterocycles. The molecule has 0 atom stereocenters. The van der Waals surface area contributed by atoms with Gasteiger partial charge in [-0.3, -0.25) is 4.79 Å². The average molecular weight is 365 g/mol. The Labute approximate surface area is 146 Å². The van der Waals surface area contributed by atoms with Crippen molar-refractivity contribution in [2.24, 2.45) is 0 Å². The number of carbonyl (C=O) groups is 2. The summed E-state index contributed by atoms with van der Waals surface area (Å²) in [6.45, 7) is -3.58. The van der Waals surface area contributed by atoms with Crippen LogP contribution in [0.3, 0.4) is 0 Å². The van der Waals surface area contributed by atoms with Gasteiger partial charge in [-0.1, -0.05) is 12.1 Å². The van der Waals surface area contributed by atoms with E-state index in [1.165, 1.54) is 24.3 Å². The van der Waals surface area contributed by atoms with E-state index in [0.717, 1.165) is 0 Å². The molecule has 1 N–H and O–H groups in total. The van der Waals surface area contributed by atoms with Crippen LogP contribution in [0, 0.1) is 0 Å². The number of fused-ring (bicyclic) bond motifs is 1. The number of carbonyl (C=O) groups excluding carboxylic acids is 2. The quantitative estimate of drug-likeness (QED) is 0.793. The number of anilines is 1. The highest BCUT2D eigenvalue weighted by Crippen LogP contribution is 2.34. The van der Waals surface area contributed by atoms with Crippen LogP contribution in [0.4, 0.5) is 14.5 Å². The number of benzene rings is 2. The van der Waals surface area contributed by atoms with Crippen LogP contribution in [-0.2, 0) is 9.53 Å². The third-order valence-electron chi connectivity index (χ3n) is 3.31. The molecule has 0 spiro atoms. The molecule has 0 aromatic heterocycles. The van der Waals surface area contributed by atoms with Crippen LogP contribution in [0.1, 0.15) is 10.4 Å². The van der Waals surface area contributed by atoms with Crippen molar-refractivity contribution in [3.63, 3.8) is 0 Å². The maximum atomic E-state index is 12.4. The Bertz CT molecular complexity index is 827. The lowest BCUT2D eigenvalue weighted by atomic mass is 10.2. The van der Waals surface area contributed by atoms with Crippen molar-refractivity contribution in [3.8, 4) is 17.2 Å². The Kier molecular flexibility index (Phi) is 5.16. The zero-order chi connectivity index (χ0) is 18.5. The van der Waals surface area contributed by atoms with Gasteiger partial charge in [0, 0.05) is 11.8 Å². The molecule has 0 unspecified atom stereocenters. The van der Waals surface area contributed by atoms with Crippen LogP contribution in [0.5, 0.6) is 17.2 Å². The maximum Gasteiger partial charge on any atom is 0.387 e. The summed E-state index contributed by atoms with van der Waals surface area (Å²) in [6, 6.07) is 10.1. The van der Waals surface area contributed by atoms with E-state index < -0.39 is 25.1 Å². The number of rotatable bonds is 6. The van der Waals surface area contributed by atoms with Gasteiger partial charge in [-0.15, -0.1) is 0 Å². The third-order valence-corrected chi connectivity index (χ3v) is 3.31. The number of para-hydroxylation sites is 1. The standard InChI is InChI=1S/C17H13F2NO6/c18-17(19)26-12-4-2-1-3-11(12)16(22)23-8-15(21)20-10-5-6-13-14(7-10)25-9-24-13/h1-7,17H,8-9H2,(H,20,21). The van der Waals surface area contributed by atoms with Crippen molar-refractivity contribution in [3.05, 3.63) is 48.0 Å². The van der Waals surface area contributed by atoms with Crippen molar-refractivity contribution in [1.29, 1.82) is 0 Å². The second-order valence-corrected chi connectivity index (χ2v) is 5.07. The van der Waals surface area contributed by atoms with Gasteiger partial charge in [0.2, 0.25) is 6.79 Å². The normalized spacial score (nSPS) is 12.0. The zero-order valence-corrected chi connectivity index (χ0v) is 13.2. The number of amides is 1. The lowest BCUT2D eigenvalue weighted by molar-refractivity contribution is -0.119. The number of hydrogen-bond donors (Lipinski definition) is 1. The van der Waals surface area contributed by atoms with Crippen LogP contribution >= 0.6 is 0 Å². The van der Waals surface area contributed by atoms with E-state index in [1.807, 2.05) is 0 Å². The minimum absolute atomic E-state index is 0.102. The predicted molar refractivity (Wildman–Crippen MR) is 84.6 cm³/mol. The fourth-order valence-corrected chi connectivity index (χ4v) is 2.21. The highest BCUT2D eigenvalue weighted by molar-refractivity contribution is 5.96. The van der Waals surface area contributed by atoms with Crippen molar-refractivity contribution in [2.45, 2.75) is 6.61 Å². The third kappa shape index (κ3) is 4.18. The fraction of sp³-hybridized carbons (Fsp3) is 0.176. The van der Waals surface area contributed by atoms with E-state index in [-0.39, 0.29) is 18.1 Å². The van der Waals surface area contributed by atoms with Gasteiger partial charge in [0.05, 0.1) is 0 Å². The van der Waals surface area contributed by atoms with E-state index in [4.69, 9.17) is 14.2 Å². The van der Waals surface area contributed by atoms with Crippen LogP contribution in [0.25, 0.3) is 0 Å². The summed E-state index contributed by atoms with van der Waals surface area (Å²) in [6.07, 6.45) is 0. The van der Waals surface area contributed by atoms with Crippen molar-refractivity contribution in [2.75, 3.05) is 18.7 Å². The number of alkyl halides is 2. The molecule has 0 saturated heterocycles. The first-order valence-electron chi connectivity index (χ1n) is 7.43. The van der Waals surface area contributed by atoms with Gasteiger partial charge in [-0.25, -0.2) is 4.79 Å². The Morgan fingerprint density at radius 1 is 1.12 bits per heavy atom. The SMILES string of the molecule is O=C(COC(=O)c1ccccc1OC(F)F)Nc1ccc2c(c1)OCO2. The molecule has 1 heterocycles. The number of halogens is 2. The van der Waals surface area contributed by atoms with Gasteiger partial charge < -0.3 is 24.3 Å². The first-order valence-corrected chi connectivity index (χ1v) is 7.43. The summed E-state index contributed by atoms with van der Waals surface area (Å²) >= 11 is 0. The molecule has 7 nitrogen and oxygen atoms in total. The molecule has 26 heavy (non-hydrogen) atoms. The van der Waals surface area contributed by atoms with E-state index in [1.54, 1.807) is 18.2 Å². The lowest BCUT2D eigenvalue weighted by Crippen LogP contribution is -2.21. The topological polar surface area (TPSA) is 83.1 Å². The molecule has 2 aromatic carbocycles. The predicted octanol–water partition coefficient (Wildman–Crippen LogP) is 2.81. The van der Waals surface area contributed by atoms with Gasteiger partial charge in [0.15, 0.2) is 18.1 Å². The Balaban J connectivity index is 1.57. The van der Waals surface area contributed by atoms with Crippen LogP contribution in [0.2, 0.25) is 0 Å². The molecule has 0 saturated carbocycles. The minimum Gasteiger partial charge on any atom is -0.454 e. The van der Waals surface area contributed by atoms with E-state index in [0.29, 0.717) is 17.2 Å². The summed E-state index contributed by atoms with van der Waals surface area (Å²) in [5.74, 6) is -0.849. The number of esters is 1. The summed E-state index contributed by atoms with van der Waals surface area (Å²) in [7, 11) is 0. The number of hydrogen-bond acceptors (Lipinski definition) is 6. The Morgan fingerprint density at radius 3 is 2.69 bits per heavy atom. The second kappa shape index (κ2) is 7.68. The summed E-state index contributed by atoms with van der Waals surface area (Å²) in [5.41, 5.74) is 0.223. The molecule has 9 heteroatoms. The van der Waals surface area contributed by atoms with Gasteiger partial charge in [0.25, 0.3) is 5.91 Å². The van der Waals surface area contributed by atoms with E-state index >= 15 is 0 Å². The molecule has 136 valence electrons. The smallest absolute Gasteiger partial charge is 0.387 e. The number of nitrogens with one attached hydrogen (secondary N) is 1. The van der Waals surface area contributed by atoms with Gasteiger partial charge >= 0.3 is 12.6 Å². The van der Waals surface area contributed by atoms with Crippen molar-refractivity contribution >= 4 is 17.6 Å². The Hall–Kier alpha value is -3.36. The first kappa shape index (κ1) is 17.5. The van der Waals surface area contributed by atoms with Gasteiger partial charge in [-0.05, 0) is 24.3 Å². The summed E-state index contributed by atoms with van der Waals surface area (Å²) in [4.78, 5) is 23.9. The first-order chi connectivity index (χ1) is 12.5. The van der Waals surface area contributed by atoms with Gasteiger partial charge in [0.1, 0.15) is 11.3 Å². The van der Waals surface area contributed by atoms with Crippen molar-refractivity contribution < 1.29 is 37.3 Å². The molecular weight excluding hydrogens is 352 g/mol. The van der Waals surface area contributed by atoms with Crippen LogP contribution in [-0.4, -0.2) is 31.9 Å². The molecule has 0 radical (unpaired) electrons. The molecule has 0 fully saturated rings. The van der Waals surface area contributed by atoms with Crippen LogP contribution in [0.15, 0.2) is 42.5 Å². The van der Waals surface area contributed by atoms with Crippen LogP contribution < -0.4 is 19.5 Å². The molecule has 1 aliphatic rings. The molecule has 2 aromatic rings. The minimum atomic E-state index is -3.08. The molecule has 0 aliphatic carbocycles. The lowest BCUT2D eigenvalue weighted by Gasteiger charge is -2.10. The highest BCUT2D eigenvalue weighted by Gasteiger charge is 2.18. The molecule has 1 amide bonds. The largest absolute Gasteiger partial charge is 0.454 e. The molecule has 3 rings (SSSR count). The second-order valence-electron chi connectivity index (χ2n) is 5.07. The average Bonchev–Trinajstić information content (AvgIpc) is 3.07. The van der Waals surface area contributed by atoms with E-state index in [2.05, 4.69) is 10.1 Å². The zero-order valence-electron chi connectivity index (χ0n) is 13.2. The molecule has 0 bridgehead atoms. The highest BCUT2D eigenvalue weighted by atomic mass is 19.3. The van der Waals surface area contributed by atoms with E-state index in [9.17, 15) is 18.4 Å². The summed E-state index contributed by atoms with van der Waals surface area (Å²) in [5, 5.41) is 2.52. The van der Waals surface area contributed by atoms with Crippen molar-refractivity contribution in [1.82, 2.24) is 0 Å². The summed E-state index contributed by atoms with van der Waals surface area (Å²) < 4.78 is 44.2. The fourth-order valence-electron chi connectivity index (χ4n) is 2.21. The Morgan fingerprint density at radius 2 is 1.88 bits per heavy atom. The maximum absolute atomic E-state index is 12.4. The number of ether oxygens (including phenoxy) is 4.